The monoisotopic (exact) mass is 514 g/mol. The number of halogens is 2. The molecule has 2 saturated heterocycles. The van der Waals surface area contributed by atoms with E-state index in [1.165, 1.54) is 12.1 Å². The fraction of sp³-hybridized carbons (Fsp3) is 0.450. The van der Waals surface area contributed by atoms with Crippen LogP contribution in [0.4, 0.5) is 20.3 Å². The summed E-state index contributed by atoms with van der Waals surface area (Å²) in [5.41, 5.74) is -0.192. The molecule has 3 aliphatic rings. The number of amides is 1. The van der Waals surface area contributed by atoms with Crippen molar-refractivity contribution in [3.63, 3.8) is 0 Å². The summed E-state index contributed by atoms with van der Waals surface area (Å²) in [5.74, 6) is -3.87. The molecule has 0 aliphatic carbocycles. The molecule has 2 unspecified atom stereocenters. The molecule has 1 aromatic heterocycles. The van der Waals surface area contributed by atoms with Gasteiger partial charge in [0.05, 0.1) is 18.4 Å². The zero-order valence-corrected chi connectivity index (χ0v) is 19.4. The average Bonchev–Trinajstić information content (AvgIpc) is 3.35. The first kappa shape index (κ1) is 23.8. The Morgan fingerprint density at radius 2 is 2.17 bits per heavy atom. The highest BCUT2D eigenvalue weighted by molar-refractivity contribution is 7.48. The predicted octanol–water partition coefficient (Wildman–Crippen LogP) is 2.74. The van der Waals surface area contributed by atoms with Crippen LogP contribution >= 0.6 is 7.82 Å². The normalized spacial score (nSPS) is 28.7. The third-order valence-corrected chi connectivity index (χ3v) is 7.02. The number of ether oxygens (including phenoxy) is 2. The second kappa shape index (κ2) is 8.64. The molecule has 0 saturated carbocycles. The number of hydrogen-bond acceptors (Lipinski definition) is 10. The van der Waals surface area contributed by atoms with Crippen molar-refractivity contribution in [2.24, 2.45) is 0 Å². The van der Waals surface area contributed by atoms with E-state index in [9.17, 15) is 14.2 Å². The molecule has 15 heteroatoms. The third-order valence-electron chi connectivity index (χ3n) is 5.39. The summed E-state index contributed by atoms with van der Waals surface area (Å²) in [6.45, 7) is 2.91. The number of phosphoric acid groups is 1. The number of hydrogen-bond donors (Lipinski definition) is 2. The molecule has 0 spiro atoms. The third kappa shape index (κ3) is 4.43. The Balaban J connectivity index is 1.33. The Morgan fingerprint density at radius 1 is 1.37 bits per heavy atom. The average molecular weight is 514 g/mol. The minimum atomic E-state index is -4.23. The van der Waals surface area contributed by atoms with Crippen LogP contribution in [0.3, 0.4) is 0 Å². The van der Waals surface area contributed by atoms with Crippen molar-refractivity contribution in [3.05, 3.63) is 46.5 Å². The summed E-state index contributed by atoms with van der Waals surface area (Å²) < 4.78 is 69.1. The Hall–Kier alpha value is -2.90. The van der Waals surface area contributed by atoms with E-state index in [1.54, 1.807) is 26.0 Å². The minimum Gasteiger partial charge on any atom is -0.471 e. The first-order valence-electron chi connectivity index (χ1n) is 10.6. The molecule has 1 aromatic carbocycles. The molecule has 2 fully saturated rings. The molecule has 2 aromatic rings. The number of anilines is 2. The van der Waals surface area contributed by atoms with E-state index in [-0.39, 0.29) is 18.1 Å². The van der Waals surface area contributed by atoms with Crippen molar-refractivity contribution in [3.8, 4) is 5.75 Å². The van der Waals surface area contributed by atoms with Gasteiger partial charge in [-0.05, 0) is 38.1 Å². The summed E-state index contributed by atoms with van der Waals surface area (Å²) >= 11 is 0. The van der Waals surface area contributed by atoms with Gasteiger partial charge in [-0.2, -0.15) is 13.8 Å². The standard InChI is InChI=1S/C20H21F2N4O8P/c1-10(2)33-35(29)31-8-14-16(34-35)20(21,22)18(32-14)26-6-5-15(25-19(26)28)24-17(27)11-3-4-13-12(7-11)23-9-30-13/h3-7,10,14,16,18,23H,8-9H2,1-2H3,(H,24,25,27,28)/t14-,16-,18?,35?/m1/s1. The zero-order chi connectivity index (χ0) is 25.0. The topological polar surface area (TPSA) is 139 Å². The second-order valence-electron chi connectivity index (χ2n) is 8.26. The quantitative estimate of drug-likeness (QED) is 0.573. The summed E-state index contributed by atoms with van der Waals surface area (Å²) in [5, 5.41) is 5.40. The van der Waals surface area contributed by atoms with Crippen molar-refractivity contribution in [2.75, 3.05) is 24.0 Å². The van der Waals surface area contributed by atoms with E-state index < -0.39 is 56.5 Å². The molecular formula is C20H21F2N4O8P. The van der Waals surface area contributed by atoms with Crippen LogP contribution in [0.2, 0.25) is 0 Å². The molecule has 2 N–H and O–H groups in total. The lowest BCUT2D eigenvalue weighted by Gasteiger charge is -2.32. The number of fused-ring (bicyclic) bond motifs is 2. The molecule has 1 amide bonds. The number of nitrogens with zero attached hydrogens (tertiary/aromatic N) is 2. The van der Waals surface area contributed by atoms with Gasteiger partial charge < -0.3 is 20.1 Å². The van der Waals surface area contributed by atoms with Crippen molar-refractivity contribution < 1.29 is 41.2 Å². The van der Waals surface area contributed by atoms with Gasteiger partial charge in [0.25, 0.3) is 5.91 Å². The van der Waals surface area contributed by atoms with Gasteiger partial charge in [0, 0.05) is 11.8 Å². The molecule has 4 heterocycles. The van der Waals surface area contributed by atoms with Crippen LogP contribution in [0.15, 0.2) is 35.3 Å². The van der Waals surface area contributed by atoms with Crippen LogP contribution in [0.25, 0.3) is 0 Å². The first-order valence-corrected chi connectivity index (χ1v) is 12.1. The number of carbonyl (C=O) groups excluding carboxylic acids is 1. The van der Waals surface area contributed by atoms with Crippen molar-refractivity contribution in [2.45, 2.75) is 44.3 Å². The van der Waals surface area contributed by atoms with E-state index in [2.05, 4.69) is 15.6 Å². The van der Waals surface area contributed by atoms with Gasteiger partial charge in [0.15, 0.2) is 12.8 Å². The van der Waals surface area contributed by atoms with E-state index >= 15 is 8.78 Å². The summed E-state index contributed by atoms with van der Waals surface area (Å²) in [7, 11) is -4.23. The van der Waals surface area contributed by atoms with Crippen molar-refractivity contribution in [1.82, 2.24) is 9.55 Å². The first-order chi connectivity index (χ1) is 16.6. The smallest absolute Gasteiger partial charge is 0.471 e. The molecule has 188 valence electrons. The fourth-order valence-corrected chi connectivity index (χ4v) is 5.43. The van der Waals surface area contributed by atoms with Crippen LogP contribution in [-0.4, -0.2) is 53.0 Å². The van der Waals surface area contributed by atoms with Gasteiger partial charge >= 0.3 is 19.4 Å². The largest absolute Gasteiger partial charge is 0.475 e. The Kier molecular flexibility index (Phi) is 5.88. The maximum atomic E-state index is 15.2. The van der Waals surface area contributed by atoms with Crippen LogP contribution in [0, 0.1) is 0 Å². The highest BCUT2D eigenvalue weighted by atomic mass is 31.2. The van der Waals surface area contributed by atoms with Gasteiger partial charge in [-0.15, -0.1) is 0 Å². The van der Waals surface area contributed by atoms with E-state index in [0.717, 1.165) is 6.20 Å². The number of rotatable bonds is 5. The zero-order valence-electron chi connectivity index (χ0n) is 18.5. The lowest BCUT2D eigenvalue weighted by molar-refractivity contribution is -0.139. The Labute approximate surface area is 197 Å². The maximum Gasteiger partial charge on any atom is 0.475 e. The SMILES string of the molecule is CC(C)OP1(=O)OC[C@H]2OC(n3ccc(NC(=O)c4ccc5c(c4)NCO5)nc3=O)C(F)(F)[C@@H]2O1. The van der Waals surface area contributed by atoms with Gasteiger partial charge in [0.1, 0.15) is 17.7 Å². The highest BCUT2D eigenvalue weighted by Crippen LogP contribution is 2.60. The van der Waals surface area contributed by atoms with E-state index in [1.807, 2.05) is 0 Å². The van der Waals surface area contributed by atoms with Gasteiger partial charge in [-0.3, -0.25) is 22.9 Å². The van der Waals surface area contributed by atoms with E-state index in [4.69, 9.17) is 23.0 Å². The molecule has 5 rings (SSSR count). The molecule has 35 heavy (non-hydrogen) atoms. The molecule has 0 bridgehead atoms. The molecule has 4 atom stereocenters. The van der Waals surface area contributed by atoms with Crippen LogP contribution in [0.1, 0.15) is 30.4 Å². The number of aromatic nitrogens is 2. The molecule has 12 nitrogen and oxygen atoms in total. The summed E-state index contributed by atoms with van der Waals surface area (Å²) in [6.07, 6.45) is -4.94. The van der Waals surface area contributed by atoms with Crippen molar-refractivity contribution in [1.29, 1.82) is 0 Å². The Morgan fingerprint density at radius 3 is 2.91 bits per heavy atom. The summed E-state index contributed by atoms with van der Waals surface area (Å²) in [4.78, 5) is 28.8. The molecular weight excluding hydrogens is 493 g/mol. The van der Waals surface area contributed by atoms with Gasteiger partial charge in [-0.25, -0.2) is 9.36 Å². The number of benzene rings is 1. The van der Waals surface area contributed by atoms with Gasteiger partial charge in [0.2, 0.25) is 6.23 Å². The second-order valence-corrected chi connectivity index (χ2v) is 9.83. The number of phosphoric ester groups is 1. The highest BCUT2D eigenvalue weighted by Gasteiger charge is 2.65. The number of alkyl halides is 2. The van der Waals surface area contributed by atoms with E-state index in [0.29, 0.717) is 16.0 Å². The van der Waals surface area contributed by atoms with Crippen LogP contribution in [0.5, 0.6) is 5.75 Å². The predicted molar refractivity (Wildman–Crippen MR) is 116 cm³/mol. The molecule has 3 aliphatic heterocycles. The number of carbonyl (C=O) groups is 1. The fourth-order valence-electron chi connectivity index (χ4n) is 3.86. The lowest BCUT2D eigenvalue weighted by Crippen LogP contribution is -2.45. The lowest BCUT2D eigenvalue weighted by atomic mass is 10.1. The van der Waals surface area contributed by atoms with Gasteiger partial charge in [-0.1, -0.05) is 0 Å². The minimum absolute atomic E-state index is 0.144. The number of nitrogens with one attached hydrogen (secondary N) is 2. The molecule has 0 radical (unpaired) electrons. The maximum absolute atomic E-state index is 15.2. The van der Waals surface area contributed by atoms with Crippen LogP contribution in [-0.2, 0) is 22.9 Å². The Bertz CT molecular complexity index is 1270. The summed E-state index contributed by atoms with van der Waals surface area (Å²) in [6, 6.07) is 5.89. The van der Waals surface area contributed by atoms with Crippen molar-refractivity contribution >= 4 is 25.2 Å². The van der Waals surface area contributed by atoms with Crippen LogP contribution < -0.4 is 21.1 Å².